The number of nitrogens with one attached hydrogen (secondary N) is 1. The molecular weight excluding hydrogens is 436 g/mol. The van der Waals surface area contributed by atoms with Crippen molar-refractivity contribution >= 4 is 28.9 Å². The molecule has 0 heterocycles. The van der Waals surface area contributed by atoms with Gasteiger partial charge in [0.05, 0.1) is 6.61 Å². The predicted octanol–water partition coefficient (Wildman–Crippen LogP) is 5.66. The molecule has 1 aromatic rings. The van der Waals surface area contributed by atoms with Crippen molar-refractivity contribution in [2.24, 2.45) is 10.7 Å². The van der Waals surface area contributed by atoms with Crippen molar-refractivity contribution in [1.29, 1.82) is 0 Å². The van der Waals surface area contributed by atoms with Crippen LogP contribution in [0.15, 0.2) is 59.0 Å². The molecule has 0 unspecified atom stereocenters. The van der Waals surface area contributed by atoms with Crippen LogP contribution in [-0.4, -0.2) is 35.9 Å². The van der Waals surface area contributed by atoms with E-state index in [9.17, 15) is 4.79 Å². The van der Waals surface area contributed by atoms with E-state index in [4.69, 9.17) is 22.1 Å². The van der Waals surface area contributed by atoms with Crippen molar-refractivity contribution in [3.63, 3.8) is 0 Å². The highest BCUT2D eigenvalue weighted by molar-refractivity contribution is 6.64. The molecule has 0 bridgehead atoms. The van der Waals surface area contributed by atoms with Crippen LogP contribution in [0.5, 0.6) is 0 Å². The molecule has 1 rings (SSSR count). The van der Waals surface area contributed by atoms with Gasteiger partial charge >= 0.3 is 6.09 Å². The minimum absolute atomic E-state index is 0.335. The summed E-state index contributed by atoms with van der Waals surface area (Å²) in [5.41, 5.74) is 10.0. The minimum Gasteiger partial charge on any atom is -0.450 e. The SMILES string of the molecule is C#C.C=CN(CCCCOC(=O)NCc1cccc(C=C(C)C)c1)C(/N=C(\C)Cl)=C(\C)CN. The van der Waals surface area contributed by atoms with E-state index in [2.05, 4.69) is 55.7 Å². The first kappa shape index (κ1) is 30.0. The van der Waals surface area contributed by atoms with Gasteiger partial charge < -0.3 is 20.7 Å². The monoisotopic (exact) mass is 472 g/mol. The van der Waals surface area contributed by atoms with E-state index in [0.717, 1.165) is 23.1 Å². The smallest absolute Gasteiger partial charge is 0.407 e. The van der Waals surface area contributed by atoms with Gasteiger partial charge in [0.1, 0.15) is 11.0 Å². The van der Waals surface area contributed by atoms with Crippen LogP contribution in [-0.2, 0) is 11.3 Å². The van der Waals surface area contributed by atoms with Gasteiger partial charge in [0.25, 0.3) is 0 Å². The molecule has 0 aliphatic rings. The Morgan fingerprint density at radius 2 is 1.97 bits per heavy atom. The van der Waals surface area contributed by atoms with Gasteiger partial charge in [-0.25, -0.2) is 9.79 Å². The van der Waals surface area contributed by atoms with Gasteiger partial charge in [-0.05, 0) is 69.5 Å². The Labute approximate surface area is 204 Å². The number of nitrogens with zero attached hydrogens (tertiary/aromatic N) is 2. The second kappa shape index (κ2) is 17.5. The molecular formula is C26H37ClN4O2. The summed E-state index contributed by atoms with van der Waals surface area (Å²) in [6.07, 6.45) is 12.9. The van der Waals surface area contributed by atoms with E-state index >= 15 is 0 Å². The normalized spacial score (nSPS) is 11.3. The molecule has 6 nitrogen and oxygen atoms in total. The maximum atomic E-state index is 12.0. The molecule has 0 spiro atoms. The summed E-state index contributed by atoms with van der Waals surface area (Å²) in [7, 11) is 0. The molecule has 3 N–H and O–H groups in total. The third-order valence-corrected chi connectivity index (χ3v) is 4.39. The molecule has 7 heteroatoms. The topological polar surface area (TPSA) is 80.0 Å². The summed E-state index contributed by atoms with van der Waals surface area (Å²) >= 11 is 5.94. The Morgan fingerprint density at radius 1 is 1.27 bits per heavy atom. The zero-order valence-electron chi connectivity index (χ0n) is 20.2. The van der Waals surface area contributed by atoms with Crippen molar-refractivity contribution in [3.8, 4) is 12.8 Å². The van der Waals surface area contributed by atoms with Crippen LogP contribution >= 0.6 is 11.6 Å². The van der Waals surface area contributed by atoms with Crippen LogP contribution in [0.2, 0.25) is 0 Å². The number of carbonyl (C=O) groups excluding carboxylic acids is 1. The summed E-state index contributed by atoms with van der Waals surface area (Å²) in [5.74, 6) is 0.707. The van der Waals surface area contributed by atoms with Crippen LogP contribution < -0.4 is 11.1 Å². The lowest BCUT2D eigenvalue weighted by Crippen LogP contribution is -2.24. The van der Waals surface area contributed by atoms with E-state index < -0.39 is 6.09 Å². The van der Waals surface area contributed by atoms with Crippen LogP contribution in [0.1, 0.15) is 51.7 Å². The third-order valence-electron chi connectivity index (χ3n) is 4.31. The van der Waals surface area contributed by atoms with E-state index in [1.807, 2.05) is 30.0 Å². The molecule has 0 aliphatic heterocycles. The van der Waals surface area contributed by atoms with Gasteiger partial charge in [0.15, 0.2) is 0 Å². The molecule has 0 saturated heterocycles. The van der Waals surface area contributed by atoms with E-state index in [0.29, 0.717) is 43.7 Å². The Kier molecular flexibility index (Phi) is 15.9. The molecule has 1 amide bonds. The second-order valence-electron chi connectivity index (χ2n) is 7.46. The largest absolute Gasteiger partial charge is 0.450 e. The maximum absolute atomic E-state index is 12.0. The number of hydrogen-bond acceptors (Lipinski definition) is 5. The predicted molar refractivity (Wildman–Crippen MR) is 141 cm³/mol. The van der Waals surface area contributed by atoms with Gasteiger partial charge in [-0.3, -0.25) is 0 Å². The molecule has 0 aromatic heterocycles. The van der Waals surface area contributed by atoms with Crippen molar-refractivity contribution in [1.82, 2.24) is 10.2 Å². The maximum Gasteiger partial charge on any atom is 0.407 e. The molecule has 0 aliphatic carbocycles. The Hall–Kier alpha value is -3.01. The number of ether oxygens (including phenoxy) is 1. The van der Waals surface area contributed by atoms with Crippen LogP contribution in [0.4, 0.5) is 4.79 Å². The minimum atomic E-state index is -0.421. The van der Waals surface area contributed by atoms with Gasteiger partial charge in [-0.2, -0.15) is 0 Å². The Balaban J connectivity index is 0.00000497. The average Bonchev–Trinajstić information content (AvgIpc) is 2.79. The number of unbranched alkanes of at least 4 members (excludes halogenated alkanes) is 1. The molecule has 0 atom stereocenters. The summed E-state index contributed by atoms with van der Waals surface area (Å²) in [6, 6.07) is 8.05. The van der Waals surface area contributed by atoms with E-state index in [1.165, 1.54) is 5.57 Å². The number of terminal acetylenes is 1. The van der Waals surface area contributed by atoms with Crippen LogP contribution in [0.25, 0.3) is 6.08 Å². The average molecular weight is 473 g/mol. The highest BCUT2D eigenvalue weighted by Crippen LogP contribution is 2.15. The Morgan fingerprint density at radius 3 is 2.55 bits per heavy atom. The summed E-state index contributed by atoms with van der Waals surface area (Å²) in [4.78, 5) is 18.2. The first-order valence-corrected chi connectivity index (χ1v) is 11.1. The summed E-state index contributed by atoms with van der Waals surface area (Å²) < 4.78 is 5.28. The number of rotatable bonds is 12. The summed E-state index contributed by atoms with van der Waals surface area (Å²) in [5, 5.41) is 3.22. The third kappa shape index (κ3) is 13.2. The lowest BCUT2D eigenvalue weighted by molar-refractivity contribution is 0.143. The number of amides is 1. The summed E-state index contributed by atoms with van der Waals surface area (Å²) in [6.45, 7) is 13.4. The molecule has 0 fully saturated rings. The number of allylic oxidation sites excluding steroid dienone is 1. The number of nitrogens with two attached hydrogens (primary N) is 1. The standard InChI is InChI=1S/C24H35ClN4O2.C2H2/c1-6-29(23(19(4)16-26)28-20(5)25)12-7-8-13-31-24(30)27-17-22-11-9-10-21(15-22)14-18(2)3;1-2/h6,9-11,14-15H,1,7-8,12-13,16-17,26H2,2-5H3,(H,27,30);1-2H/b23-19+,28-20+;. The van der Waals surface area contributed by atoms with Gasteiger partial charge in [-0.1, -0.05) is 48.0 Å². The molecule has 180 valence electrons. The van der Waals surface area contributed by atoms with Crippen molar-refractivity contribution < 1.29 is 9.53 Å². The molecule has 0 saturated carbocycles. The first-order valence-electron chi connectivity index (χ1n) is 10.7. The van der Waals surface area contributed by atoms with Crippen molar-refractivity contribution in [2.45, 2.75) is 47.1 Å². The van der Waals surface area contributed by atoms with Crippen molar-refractivity contribution in [3.05, 3.63) is 65.1 Å². The number of aliphatic imine (C=N–C) groups is 1. The molecule has 1 aromatic carbocycles. The zero-order chi connectivity index (χ0) is 25.2. The van der Waals surface area contributed by atoms with Gasteiger partial charge in [0, 0.05) is 19.6 Å². The first-order chi connectivity index (χ1) is 15.8. The highest BCUT2D eigenvalue weighted by Gasteiger charge is 2.09. The second-order valence-corrected chi connectivity index (χ2v) is 8.00. The van der Waals surface area contributed by atoms with Crippen LogP contribution in [0.3, 0.4) is 0 Å². The Bertz CT molecular complexity index is 864. The van der Waals surface area contributed by atoms with Gasteiger partial charge in [0.2, 0.25) is 0 Å². The fourth-order valence-electron chi connectivity index (χ4n) is 2.83. The zero-order valence-corrected chi connectivity index (χ0v) is 21.0. The lowest BCUT2D eigenvalue weighted by Gasteiger charge is -2.22. The highest BCUT2D eigenvalue weighted by atomic mass is 35.5. The van der Waals surface area contributed by atoms with Gasteiger partial charge in [-0.15, -0.1) is 12.8 Å². The number of carbonyl (C=O) groups is 1. The van der Waals surface area contributed by atoms with E-state index in [-0.39, 0.29) is 0 Å². The van der Waals surface area contributed by atoms with Crippen molar-refractivity contribution in [2.75, 3.05) is 19.7 Å². The number of halogens is 1. The fourth-order valence-corrected chi connectivity index (χ4v) is 2.91. The number of benzene rings is 1. The fraction of sp³-hybridized carbons (Fsp3) is 0.385. The number of alkyl carbamates (subject to hydrolysis) is 1. The quantitative estimate of drug-likeness (QED) is 0.234. The molecule has 0 radical (unpaired) electrons. The number of hydrogen-bond donors (Lipinski definition) is 2. The lowest BCUT2D eigenvalue weighted by atomic mass is 10.1. The van der Waals surface area contributed by atoms with E-state index in [1.54, 1.807) is 13.1 Å². The van der Waals surface area contributed by atoms with Crippen LogP contribution in [0, 0.1) is 12.8 Å². The molecule has 33 heavy (non-hydrogen) atoms.